The van der Waals surface area contributed by atoms with Gasteiger partial charge in [-0.25, -0.2) is 0 Å². The number of hydrogen-bond donors (Lipinski definition) is 2. The van der Waals surface area contributed by atoms with Crippen molar-refractivity contribution < 1.29 is 9.90 Å². The first kappa shape index (κ1) is 12.4. The van der Waals surface area contributed by atoms with Crippen molar-refractivity contribution in [1.82, 2.24) is 15.5 Å². The van der Waals surface area contributed by atoms with Crippen LogP contribution in [0.4, 0.5) is 5.82 Å². The Kier molecular flexibility index (Phi) is 4.65. The van der Waals surface area contributed by atoms with E-state index in [1.807, 2.05) is 6.92 Å². The summed E-state index contributed by atoms with van der Waals surface area (Å²) in [5.41, 5.74) is 0.294. The van der Waals surface area contributed by atoms with Crippen molar-refractivity contribution in [3.8, 4) is 0 Å². The number of nitrogens with zero attached hydrogens (tertiary/aromatic N) is 3. The van der Waals surface area contributed by atoms with E-state index in [0.29, 0.717) is 24.6 Å². The lowest BCUT2D eigenvalue weighted by Gasteiger charge is -2.15. The minimum Gasteiger partial charge on any atom is -0.395 e. The molecule has 6 heteroatoms. The first-order valence-corrected chi connectivity index (χ1v) is 5.13. The smallest absolute Gasteiger partial charge is 0.271 e. The van der Waals surface area contributed by atoms with Crippen LogP contribution in [0.3, 0.4) is 0 Å². The normalized spacial score (nSPS) is 9.94. The molecule has 0 atom stereocenters. The molecule has 0 saturated heterocycles. The van der Waals surface area contributed by atoms with Gasteiger partial charge in [-0.1, -0.05) is 0 Å². The summed E-state index contributed by atoms with van der Waals surface area (Å²) < 4.78 is 0. The van der Waals surface area contributed by atoms with Gasteiger partial charge in [0.2, 0.25) is 0 Å². The zero-order chi connectivity index (χ0) is 12.0. The zero-order valence-corrected chi connectivity index (χ0v) is 9.47. The van der Waals surface area contributed by atoms with Crippen LogP contribution in [0.2, 0.25) is 0 Å². The molecule has 0 fully saturated rings. The number of likely N-dealkylation sites (N-methyl/N-ethyl adjacent to an activating group) is 1. The molecule has 1 aromatic rings. The highest BCUT2D eigenvalue weighted by Crippen LogP contribution is 2.06. The molecule has 1 rings (SSSR count). The molecule has 0 unspecified atom stereocenters. The maximum Gasteiger partial charge on any atom is 0.271 e. The average molecular weight is 224 g/mol. The van der Waals surface area contributed by atoms with Crippen molar-refractivity contribution in [2.24, 2.45) is 0 Å². The lowest BCUT2D eigenvalue weighted by molar-refractivity contribution is 0.0950. The van der Waals surface area contributed by atoms with Crippen LogP contribution in [-0.2, 0) is 0 Å². The fourth-order valence-corrected chi connectivity index (χ4v) is 1.17. The van der Waals surface area contributed by atoms with Crippen LogP contribution in [0.15, 0.2) is 12.1 Å². The van der Waals surface area contributed by atoms with Crippen LogP contribution in [0.25, 0.3) is 0 Å². The molecule has 16 heavy (non-hydrogen) atoms. The Bertz CT molecular complexity index is 339. The molecule has 1 aromatic heterocycles. The van der Waals surface area contributed by atoms with E-state index in [-0.39, 0.29) is 12.5 Å². The minimum atomic E-state index is -0.230. The predicted octanol–water partition coefficient (Wildman–Crippen LogP) is -0.345. The van der Waals surface area contributed by atoms with Crippen LogP contribution in [0.5, 0.6) is 0 Å². The highest BCUT2D eigenvalue weighted by molar-refractivity contribution is 5.92. The Labute approximate surface area is 94.3 Å². The summed E-state index contributed by atoms with van der Waals surface area (Å²) in [6.07, 6.45) is 0. The quantitative estimate of drug-likeness (QED) is 0.715. The lowest BCUT2D eigenvalue weighted by atomic mass is 10.3. The van der Waals surface area contributed by atoms with Gasteiger partial charge in [0.15, 0.2) is 11.5 Å². The van der Waals surface area contributed by atoms with Crippen molar-refractivity contribution in [2.75, 3.05) is 31.6 Å². The van der Waals surface area contributed by atoms with Crippen molar-refractivity contribution in [1.29, 1.82) is 0 Å². The maximum absolute atomic E-state index is 11.4. The molecule has 0 spiro atoms. The fraction of sp³-hybridized carbons (Fsp3) is 0.500. The third-order valence-electron chi connectivity index (χ3n) is 2.05. The van der Waals surface area contributed by atoms with Gasteiger partial charge in [-0.15, -0.1) is 10.2 Å². The van der Waals surface area contributed by atoms with Gasteiger partial charge in [-0.2, -0.15) is 0 Å². The molecule has 0 aliphatic carbocycles. The first-order valence-electron chi connectivity index (χ1n) is 5.13. The summed E-state index contributed by atoms with van der Waals surface area (Å²) in [5.74, 6) is 0.397. The molecule has 88 valence electrons. The highest BCUT2D eigenvalue weighted by atomic mass is 16.3. The van der Waals surface area contributed by atoms with Crippen LogP contribution >= 0.6 is 0 Å². The number of aliphatic hydroxyl groups excluding tert-OH is 1. The third-order valence-corrected chi connectivity index (χ3v) is 2.05. The summed E-state index contributed by atoms with van der Waals surface area (Å²) in [7, 11) is 1.80. The molecule has 0 bridgehead atoms. The number of amides is 1. The van der Waals surface area contributed by atoms with Crippen LogP contribution in [-0.4, -0.2) is 48.0 Å². The number of anilines is 1. The Morgan fingerprint density at radius 3 is 2.75 bits per heavy atom. The van der Waals surface area contributed by atoms with Gasteiger partial charge in [0, 0.05) is 20.1 Å². The van der Waals surface area contributed by atoms with E-state index in [4.69, 9.17) is 5.11 Å². The molecule has 2 N–H and O–H groups in total. The van der Waals surface area contributed by atoms with E-state index in [9.17, 15) is 4.79 Å². The fourth-order valence-electron chi connectivity index (χ4n) is 1.17. The van der Waals surface area contributed by atoms with E-state index in [2.05, 4.69) is 15.5 Å². The summed E-state index contributed by atoms with van der Waals surface area (Å²) in [6.45, 7) is 2.94. The maximum atomic E-state index is 11.4. The summed E-state index contributed by atoms with van der Waals surface area (Å²) in [5, 5.41) is 19.1. The van der Waals surface area contributed by atoms with Crippen molar-refractivity contribution >= 4 is 11.7 Å². The predicted molar refractivity (Wildman–Crippen MR) is 60.4 cm³/mol. The number of hydrogen-bond acceptors (Lipinski definition) is 5. The van der Waals surface area contributed by atoms with E-state index in [1.54, 1.807) is 24.1 Å². The number of carbonyl (C=O) groups is 1. The Hall–Kier alpha value is -1.69. The largest absolute Gasteiger partial charge is 0.395 e. The van der Waals surface area contributed by atoms with Crippen molar-refractivity contribution in [3.63, 3.8) is 0 Å². The number of aliphatic hydroxyl groups is 1. The minimum absolute atomic E-state index is 0.0518. The average Bonchev–Trinajstić information content (AvgIpc) is 2.30. The second kappa shape index (κ2) is 6.02. The van der Waals surface area contributed by atoms with Crippen molar-refractivity contribution in [3.05, 3.63) is 17.8 Å². The summed E-state index contributed by atoms with van der Waals surface area (Å²) in [6, 6.07) is 3.31. The van der Waals surface area contributed by atoms with Crippen LogP contribution < -0.4 is 10.2 Å². The second-order valence-electron chi connectivity index (χ2n) is 3.28. The zero-order valence-electron chi connectivity index (χ0n) is 9.47. The van der Waals surface area contributed by atoms with Gasteiger partial charge in [0.1, 0.15) is 0 Å². The third kappa shape index (κ3) is 3.16. The molecule has 0 radical (unpaired) electrons. The Morgan fingerprint density at radius 1 is 1.50 bits per heavy atom. The van der Waals surface area contributed by atoms with Gasteiger partial charge in [-0.3, -0.25) is 4.79 Å². The molecular formula is C10H16N4O2. The molecular weight excluding hydrogens is 208 g/mol. The molecule has 1 heterocycles. The molecule has 0 aromatic carbocycles. The molecule has 0 saturated carbocycles. The number of aromatic nitrogens is 2. The topological polar surface area (TPSA) is 78.4 Å². The highest BCUT2D eigenvalue weighted by Gasteiger charge is 2.08. The van der Waals surface area contributed by atoms with Gasteiger partial charge in [0.05, 0.1) is 6.61 Å². The number of rotatable bonds is 5. The standard InChI is InChI=1S/C10H16N4O2/c1-3-11-10(16)8-4-5-9(13-12-8)14(2)6-7-15/h4-5,15H,3,6-7H2,1-2H3,(H,11,16). The summed E-state index contributed by atoms with van der Waals surface area (Å²) in [4.78, 5) is 13.1. The van der Waals surface area contributed by atoms with Gasteiger partial charge >= 0.3 is 0 Å². The number of carbonyl (C=O) groups excluding carboxylic acids is 1. The first-order chi connectivity index (χ1) is 7.69. The van der Waals surface area contributed by atoms with Crippen LogP contribution in [0, 0.1) is 0 Å². The van der Waals surface area contributed by atoms with E-state index >= 15 is 0 Å². The monoisotopic (exact) mass is 224 g/mol. The van der Waals surface area contributed by atoms with E-state index in [0.717, 1.165) is 0 Å². The SMILES string of the molecule is CCNC(=O)c1ccc(N(C)CCO)nn1. The lowest BCUT2D eigenvalue weighted by Crippen LogP contribution is -2.26. The molecule has 0 aliphatic rings. The van der Waals surface area contributed by atoms with Crippen molar-refractivity contribution in [2.45, 2.75) is 6.92 Å². The van der Waals surface area contributed by atoms with Crippen LogP contribution in [0.1, 0.15) is 17.4 Å². The van der Waals surface area contributed by atoms with Gasteiger partial charge < -0.3 is 15.3 Å². The number of nitrogens with one attached hydrogen (secondary N) is 1. The van der Waals surface area contributed by atoms with E-state index < -0.39 is 0 Å². The molecule has 6 nitrogen and oxygen atoms in total. The molecule has 0 aliphatic heterocycles. The Morgan fingerprint density at radius 2 is 2.25 bits per heavy atom. The van der Waals surface area contributed by atoms with Gasteiger partial charge in [0.25, 0.3) is 5.91 Å². The van der Waals surface area contributed by atoms with Gasteiger partial charge in [-0.05, 0) is 19.1 Å². The molecule has 1 amide bonds. The van der Waals surface area contributed by atoms with E-state index in [1.165, 1.54) is 0 Å². The second-order valence-corrected chi connectivity index (χ2v) is 3.28. The Balaban J connectivity index is 2.71. The summed E-state index contributed by atoms with van der Waals surface area (Å²) >= 11 is 0.